The summed E-state index contributed by atoms with van der Waals surface area (Å²) in [6.07, 6.45) is 2.49. The molecular weight excluding hydrogens is 196 g/mol. The van der Waals surface area contributed by atoms with Gasteiger partial charge in [0, 0.05) is 17.1 Å². The van der Waals surface area contributed by atoms with Crippen LogP contribution >= 0.6 is 11.3 Å². The number of carbonyl (C=O) groups is 1. The monoisotopic (exact) mass is 210 g/mol. The lowest BCUT2D eigenvalue weighted by atomic mass is 10.2. The van der Waals surface area contributed by atoms with Gasteiger partial charge in [0.1, 0.15) is 0 Å². The van der Waals surface area contributed by atoms with Crippen LogP contribution in [0.15, 0.2) is 11.4 Å². The first-order chi connectivity index (χ1) is 6.66. The van der Waals surface area contributed by atoms with Crippen molar-refractivity contribution < 1.29 is 4.79 Å². The molecule has 1 aliphatic rings. The van der Waals surface area contributed by atoms with Crippen molar-refractivity contribution in [2.45, 2.75) is 25.8 Å². The van der Waals surface area contributed by atoms with Crippen LogP contribution in [0.5, 0.6) is 0 Å². The predicted octanol–water partition coefficient (Wildman–Crippen LogP) is 1.86. The Bertz CT molecular complexity index is 344. The Balaban J connectivity index is 1.94. The van der Waals surface area contributed by atoms with Crippen molar-refractivity contribution in [1.82, 2.24) is 5.32 Å². The number of amides is 1. The molecule has 1 aliphatic carbocycles. The summed E-state index contributed by atoms with van der Waals surface area (Å²) in [6, 6.07) is 2.02. The van der Waals surface area contributed by atoms with Crippen LogP contribution in [0, 0.1) is 5.92 Å². The maximum Gasteiger partial charge on any atom is 0.261 e. The maximum absolute atomic E-state index is 11.6. The zero-order valence-corrected chi connectivity index (χ0v) is 8.93. The second-order valence-corrected chi connectivity index (χ2v) is 4.76. The minimum atomic E-state index is 0.00565. The van der Waals surface area contributed by atoms with Gasteiger partial charge in [-0.3, -0.25) is 4.79 Å². The van der Waals surface area contributed by atoms with Crippen LogP contribution in [-0.2, 0) is 0 Å². The number of anilines is 1. The van der Waals surface area contributed by atoms with Crippen molar-refractivity contribution in [2.75, 3.05) is 5.73 Å². The smallest absolute Gasteiger partial charge is 0.261 e. The van der Waals surface area contributed by atoms with Gasteiger partial charge in [0.15, 0.2) is 0 Å². The Morgan fingerprint density at radius 2 is 2.43 bits per heavy atom. The standard InChI is InChI=1S/C10H14N2OS/c1-6(7-2-3-7)12-10(13)9-4-8(11)5-14-9/h4-7H,2-3,11H2,1H3,(H,12,13). The highest BCUT2D eigenvalue weighted by Crippen LogP contribution is 2.32. The molecule has 1 aromatic rings. The lowest BCUT2D eigenvalue weighted by molar-refractivity contribution is 0.0940. The van der Waals surface area contributed by atoms with Crippen molar-refractivity contribution in [3.8, 4) is 0 Å². The zero-order chi connectivity index (χ0) is 10.1. The molecule has 3 nitrogen and oxygen atoms in total. The predicted molar refractivity (Wildman–Crippen MR) is 58.4 cm³/mol. The number of carbonyl (C=O) groups excluding carboxylic acids is 1. The van der Waals surface area contributed by atoms with E-state index in [0.29, 0.717) is 22.5 Å². The Hall–Kier alpha value is -1.03. The summed E-state index contributed by atoms with van der Waals surface area (Å²) in [5.74, 6) is 0.697. The third-order valence-corrected chi connectivity index (χ3v) is 3.48. The molecule has 0 aromatic carbocycles. The van der Waals surface area contributed by atoms with E-state index in [1.54, 1.807) is 11.4 Å². The fourth-order valence-corrected chi connectivity index (χ4v) is 2.16. The van der Waals surface area contributed by atoms with Crippen LogP contribution in [0.4, 0.5) is 5.69 Å². The molecule has 3 N–H and O–H groups in total. The Morgan fingerprint density at radius 3 is 2.93 bits per heavy atom. The molecule has 0 bridgehead atoms. The average molecular weight is 210 g/mol. The molecule has 1 unspecified atom stereocenters. The highest BCUT2D eigenvalue weighted by Gasteiger charge is 2.29. The molecule has 76 valence electrons. The van der Waals surface area contributed by atoms with Gasteiger partial charge in [-0.05, 0) is 31.7 Å². The Kier molecular flexibility index (Phi) is 2.46. The summed E-state index contributed by atoms with van der Waals surface area (Å²) in [5, 5.41) is 4.78. The molecule has 1 atom stereocenters. The van der Waals surface area contributed by atoms with Crippen LogP contribution in [0.3, 0.4) is 0 Å². The largest absolute Gasteiger partial charge is 0.398 e. The second kappa shape index (κ2) is 3.61. The van der Waals surface area contributed by atoms with E-state index in [0.717, 1.165) is 0 Å². The molecule has 4 heteroatoms. The van der Waals surface area contributed by atoms with Gasteiger partial charge in [0.25, 0.3) is 5.91 Å². The van der Waals surface area contributed by atoms with E-state index in [1.165, 1.54) is 24.2 Å². The Morgan fingerprint density at radius 1 is 1.71 bits per heavy atom. The first-order valence-corrected chi connectivity index (χ1v) is 5.69. The number of nitrogens with one attached hydrogen (secondary N) is 1. The van der Waals surface area contributed by atoms with Gasteiger partial charge in [0.2, 0.25) is 0 Å². The lowest BCUT2D eigenvalue weighted by Crippen LogP contribution is -2.33. The number of rotatable bonds is 3. The van der Waals surface area contributed by atoms with Crippen LogP contribution in [0.1, 0.15) is 29.4 Å². The topological polar surface area (TPSA) is 55.1 Å². The molecule has 0 radical (unpaired) electrons. The van der Waals surface area contributed by atoms with Crippen LogP contribution in [0.2, 0.25) is 0 Å². The molecule has 0 saturated heterocycles. The zero-order valence-electron chi connectivity index (χ0n) is 8.12. The molecule has 14 heavy (non-hydrogen) atoms. The summed E-state index contributed by atoms with van der Waals surface area (Å²) in [6.45, 7) is 2.06. The van der Waals surface area contributed by atoms with Crippen molar-refractivity contribution in [3.05, 3.63) is 16.3 Å². The van der Waals surface area contributed by atoms with Crippen LogP contribution in [0.25, 0.3) is 0 Å². The molecule has 1 amide bonds. The second-order valence-electron chi connectivity index (χ2n) is 3.84. The van der Waals surface area contributed by atoms with Crippen molar-refractivity contribution in [1.29, 1.82) is 0 Å². The summed E-state index contributed by atoms with van der Waals surface area (Å²) in [4.78, 5) is 12.3. The van der Waals surface area contributed by atoms with Crippen LogP contribution in [-0.4, -0.2) is 11.9 Å². The van der Waals surface area contributed by atoms with Gasteiger partial charge in [0.05, 0.1) is 4.88 Å². The molecule has 1 saturated carbocycles. The van der Waals surface area contributed by atoms with Gasteiger partial charge in [-0.1, -0.05) is 0 Å². The van der Waals surface area contributed by atoms with Gasteiger partial charge >= 0.3 is 0 Å². The fourth-order valence-electron chi connectivity index (χ4n) is 1.46. The fraction of sp³-hybridized carbons (Fsp3) is 0.500. The quantitative estimate of drug-likeness (QED) is 0.800. The molecule has 1 fully saturated rings. The number of thiophene rings is 1. The minimum Gasteiger partial charge on any atom is -0.398 e. The molecule has 0 aliphatic heterocycles. The highest BCUT2D eigenvalue weighted by molar-refractivity contribution is 7.12. The third-order valence-electron chi connectivity index (χ3n) is 2.53. The van der Waals surface area contributed by atoms with Gasteiger partial charge < -0.3 is 11.1 Å². The van der Waals surface area contributed by atoms with E-state index < -0.39 is 0 Å². The third kappa shape index (κ3) is 2.07. The lowest BCUT2D eigenvalue weighted by Gasteiger charge is -2.11. The molecule has 1 heterocycles. The van der Waals surface area contributed by atoms with Crippen molar-refractivity contribution in [3.63, 3.8) is 0 Å². The average Bonchev–Trinajstić information content (AvgIpc) is 2.89. The summed E-state index contributed by atoms with van der Waals surface area (Å²) < 4.78 is 0. The van der Waals surface area contributed by atoms with E-state index in [-0.39, 0.29) is 5.91 Å². The minimum absolute atomic E-state index is 0.00565. The first-order valence-electron chi connectivity index (χ1n) is 4.81. The van der Waals surface area contributed by atoms with Crippen LogP contribution < -0.4 is 11.1 Å². The Labute approximate surface area is 87.3 Å². The van der Waals surface area contributed by atoms with Crippen molar-refractivity contribution >= 4 is 22.9 Å². The van der Waals surface area contributed by atoms with Gasteiger partial charge in [-0.15, -0.1) is 11.3 Å². The molecule has 2 rings (SSSR count). The van der Waals surface area contributed by atoms with E-state index in [2.05, 4.69) is 12.2 Å². The number of nitrogens with two attached hydrogens (primary N) is 1. The number of nitrogen functional groups attached to an aromatic ring is 1. The summed E-state index contributed by atoms with van der Waals surface area (Å²) >= 11 is 1.39. The number of hydrogen-bond donors (Lipinski definition) is 2. The van der Waals surface area contributed by atoms with E-state index in [4.69, 9.17) is 5.73 Å². The maximum atomic E-state index is 11.6. The summed E-state index contributed by atoms with van der Waals surface area (Å²) in [7, 11) is 0. The number of hydrogen-bond acceptors (Lipinski definition) is 3. The molecule has 0 spiro atoms. The highest BCUT2D eigenvalue weighted by atomic mass is 32.1. The van der Waals surface area contributed by atoms with E-state index in [1.807, 2.05) is 0 Å². The summed E-state index contributed by atoms with van der Waals surface area (Å²) in [5.41, 5.74) is 6.22. The normalized spacial score (nSPS) is 17.8. The van der Waals surface area contributed by atoms with Crippen molar-refractivity contribution in [2.24, 2.45) is 5.92 Å². The SMILES string of the molecule is CC(NC(=O)c1cc(N)cs1)C1CC1. The van der Waals surface area contributed by atoms with E-state index >= 15 is 0 Å². The van der Waals surface area contributed by atoms with Gasteiger partial charge in [-0.25, -0.2) is 0 Å². The first kappa shape index (κ1) is 9.52. The van der Waals surface area contributed by atoms with Gasteiger partial charge in [-0.2, -0.15) is 0 Å². The molecular formula is C10H14N2OS. The van der Waals surface area contributed by atoms with E-state index in [9.17, 15) is 4.79 Å². The molecule has 1 aromatic heterocycles.